The molecule has 25 heavy (non-hydrogen) atoms. The maximum Gasteiger partial charge on any atom is 0.347 e. The average molecular weight is 345 g/mol. The molecule has 1 aromatic heterocycles. The summed E-state index contributed by atoms with van der Waals surface area (Å²) >= 11 is 0. The summed E-state index contributed by atoms with van der Waals surface area (Å²) in [6, 6.07) is 3.27. The van der Waals surface area contributed by atoms with E-state index in [1.54, 1.807) is 32.9 Å². The summed E-state index contributed by atoms with van der Waals surface area (Å²) in [5.74, 6) is -1.34. The number of aryl methyl sites for hydroxylation is 2. The van der Waals surface area contributed by atoms with Crippen LogP contribution in [0.1, 0.15) is 59.9 Å². The highest BCUT2D eigenvalue weighted by atomic mass is 16.5. The summed E-state index contributed by atoms with van der Waals surface area (Å²) in [6.45, 7) is 7.53. The van der Waals surface area contributed by atoms with Gasteiger partial charge in [-0.2, -0.15) is 0 Å². The lowest BCUT2D eigenvalue weighted by Crippen LogP contribution is -2.27. The molecule has 0 saturated heterocycles. The smallest absolute Gasteiger partial charge is 0.347 e. The summed E-state index contributed by atoms with van der Waals surface area (Å²) in [4.78, 5) is 37.1. The van der Waals surface area contributed by atoms with Gasteiger partial charge in [-0.25, -0.2) is 4.79 Å². The molecule has 0 aliphatic carbocycles. The third-order valence-electron chi connectivity index (χ3n) is 4.16. The van der Waals surface area contributed by atoms with E-state index >= 15 is 0 Å². The van der Waals surface area contributed by atoms with Crippen LogP contribution in [0.3, 0.4) is 0 Å². The Balaban J connectivity index is 2.86. The van der Waals surface area contributed by atoms with E-state index < -0.39 is 22.8 Å². The lowest BCUT2D eigenvalue weighted by molar-refractivity contribution is 0.0520. The summed E-state index contributed by atoms with van der Waals surface area (Å²) in [5, 5.41) is 10.8. The predicted octanol–water partition coefficient (Wildman–Crippen LogP) is 3.19. The van der Waals surface area contributed by atoms with Crippen LogP contribution in [-0.4, -0.2) is 28.0 Å². The van der Waals surface area contributed by atoms with Crippen molar-refractivity contribution in [3.05, 3.63) is 39.2 Å². The Bertz CT molecular complexity index is 895. The highest BCUT2D eigenvalue weighted by Crippen LogP contribution is 2.30. The zero-order valence-electron chi connectivity index (χ0n) is 15.0. The lowest BCUT2D eigenvalue weighted by Gasteiger charge is -2.15. The zero-order valence-corrected chi connectivity index (χ0v) is 15.0. The van der Waals surface area contributed by atoms with Crippen molar-refractivity contribution >= 4 is 22.7 Å². The van der Waals surface area contributed by atoms with E-state index in [0.717, 1.165) is 5.56 Å². The van der Waals surface area contributed by atoms with Gasteiger partial charge in [0.15, 0.2) is 11.3 Å². The van der Waals surface area contributed by atoms with Gasteiger partial charge < -0.3 is 14.4 Å². The van der Waals surface area contributed by atoms with Crippen molar-refractivity contribution in [3.8, 4) is 5.75 Å². The number of benzene rings is 1. The number of ether oxygens (including phenoxy) is 1. The van der Waals surface area contributed by atoms with E-state index in [1.165, 1.54) is 4.57 Å². The number of hydrogen-bond donors (Lipinski definition) is 1. The van der Waals surface area contributed by atoms with Gasteiger partial charge in [-0.05, 0) is 44.9 Å². The molecule has 6 heteroatoms. The fraction of sp³-hybridized carbons (Fsp3) is 0.421. The number of aromatic nitrogens is 1. The van der Waals surface area contributed by atoms with Crippen LogP contribution >= 0.6 is 0 Å². The Hall–Kier alpha value is -2.63. The molecule has 6 nitrogen and oxygen atoms in total. The lowest BCUT2D eigenvalue weighted by atomic mass is 9.97. The van der Waals surface area contributed by atoms with Gasteiger partial charge >= 0.3 is 5.97 Å². The van der Waals surface area contributed by atoms with Crippen molar-refractivity contribution in [3.63, 3.8) is 0 Å². The van der Waals surface area contributed by atoms with Gasteiger partial charge in [-0.1, -0.05) is 6.92 Å². The van der Waals surface area contributed by atoms with Crippen molar-refractivity contribution in [1.29, 1.82) is 0 Å². The van der Waals surface area contributed by atoms with Crippen LogP contribution in [0.15, 0.2) is 16.9 Å². The van der Waals surface area contributed by atoms with Gasteiger partial charge in [-0.3, -0.25) is 9.59 Å². The van der Waals surface area contributed by atoms with Gasteiger partial charge in [0.05, 0.1) is 12.1 Å². The second-order valence-electron chi connectivity index (χ2n) is 5.85. The zero-order chi connectivity index (χ0) is 18.7. The molecule has 0 radical (unpaired) electrons. The van der Waals surface area contributed by atoms with Crippen molar-refractivity contribution in [2.75, 3.05) is 6.61 Å². The number of rotatable bonds is 6. The molecular weight excluding hydrogens is 322 g/mol. The number of Topliss-reactive ketones (excluding diaryl/α,β-unsaturated/α-hetero) is 1. The van der Waals surface area contributed by atoms with Crippen LogP contribution in [0.5, 0.6) is 5.75 Å². The topological polar surface area (TPSA) is 85.6 Å². The summed E-state index contributed by atoms with van der Waals surface area (Å²) < 4.78 is 6.30. The predicted molar refractivity (Wildman–Crippen MR) is 95.5 cm³/mol. The van der Waals surface area contributed by atoms with Gasteiger partial charge in [0, 0.05) is 23.9 Å². The molecule has 0 unspecified atom stereocenters. The van der Waals surface area contributed by atoms with Crippen LogP contribution in [0.4, 0.5) is 0 Å². The van der Waals surface area contributed by atoms with Gasteiger partial charge in [0.1, 0.15) is 5.75 Å². The molecule has 0 saturated carbocycles. The molecule has 0 bridgehead atoms. The van der Waals surface area contributed by atoms with Crippen molar-refractivity contribution in [1.82, 2.24) is 4.57 Å². The number of esters is 1. The Morgan fingerprint density at radius 1 is 1.20 bits per heavy atom. The van der Waals surface area contributed by atoms with Crippen LogP contribution in [0.2, 0.25) is 0 Å². The molecule has 0 amide bonds. The number of pyridine rings is 1. The van der Waals surface area contributed by atoms with Gasteiger partial charge in [0.2, 0.25) is 0 Å². The number of nitrogens with zero attached hydrogens (tertiary/aromatic N) is 1. The summed E-state index contributed by atoms with van der Waals surface area (Å²) in [6.07, 6.45) is 1.11. The number of fused-ring (bicyclic) bond motifs is 1. The molecular formula is C19H23NO5. The summed E-state index contributed by atoms with van der Waals surface area (Å²) in [5.41, 5.74) is 0.715. The highest BCUT2D eigenvalue weighted by Gasteiger charge is 2.24. The van der Waals surface area contributed by atoms with E-state index in [-0.39, 0.29) is 12.4 Å². The molecule has 134 valence electrons. The molecule has 2 aromatic rings. The second-order valence-corrected chi connectivity index (χ2v) is 5.85. The maximum absolute atomic E-state index is 12.6. The SMILES string of the molecule is CCCC(=O)c1cc2c(O)c(C(=O)OCC)c(=O)n(CC)c2cc1C. The molecule has 1 heterocycles. The number of carbonyl (C=O) groups is 2. The Morgan fingerprint density at radius 2 is 1.88 bits per heavy atom. The monoisotopic (exact) mass is 345 g/mol. The first kappa shape index (κ1) is 18.7. The maximum atomic E-state index is 12.6. The Morgan fingerprint density at radius 3 is 2.44 bits per heavy atom. The quantitative estimate of drug-likeness (QED) is 0.642. The van der Waals surface area contributed by atoms with Crippen LogP contribution in [0, 0.1) is 6.92 Å². The van der Waals surface area contributed by atoms with Crippen molar-refractivity contribution in [2.24, 2.45) is 0 Å². The number of hydrogen-bond acceptors (Lipinski definition) is 5. The largest absolute Gasteiger partial charge is 0.506 e. The molecule has 1 N–H and O–H groups in total. The second kappa shape index (κ2) is 7.51. The minimum absolute atomic E-state index is 0.0340. The van der Waals surface area contributed by atoms with E-state index in [9.17, 15) is 19.5 Å². The molecule has 2 rings (SSSR count). The average Bonchev–Trinajstić information content (AvgIpc) is 2.55. The number of aromatic hydroxyl groups is 1. The molecule has 0 fully saturated rings. The standard InChI is InChI=1S/C19H23NO5/c1-5-8-15(21)12-10-13-14(9-11(12)4)20(6-2)18(23)16(17(13)22)19(24)25-7-3/h9-10,22H,5-8H2,1-4H3. The fourth-order valence-electron chi connectivity index (χ4n) is 2.95. The van der Waals surface area contributed by atoms with E-state index in [1.807, 2.05) is 6.92 Å². The molecule has 0 spiro atoms. The van der Waals surface area contributed by atoms with Crippen LogP contribution in [0.25, 0.3) is 10.9 Å². The van der Waals surface area contributed by atoms with Crippen molar-refractivity contribution < 1.29 is 19.4 Å². The molecule has 1 aromatic carbocycles. The normalized spacial score (nSPS) is 10.9. The third kappa shape index (κ3) is 3.29. The minimum atomic E-state index is -0.865. The first-order valence-corrected chi connectivity index (χ1v) is 8.47. The van der Waals surface area contributed by atoms with Crippen molar-refractivity contribution in [2.45, 2.75) is 47.1 Å². The van der Waals surface area contributed by atoms with Gasteiger partial charge in [0.25, 0.3) is 5.56 Å². The number of ketones is 1. The van der Waals surface area contributed by atoms with E-state index in [0.29, 0.717) is 35.9 Å². The fourth-order valence-corrected chi connectivity index (χ4v) is 2.95. The highest BCUT2D eigenvalue weighted by molar-refractivity contribution is 6.04. The molecule has 0 atom stereocenters. The van der Waals surface area contributed by atoms with Crippen LogP contribution < -0.4 is 5.56 Å². The Kier molecular flexibility index (Phi) is 5.62. The first-order chi connectivity index (χ1) is 11.9. The van der Waals surface area contributed by atoms with Crippen LogP contribution in [-0.2, 0) is 11.3 Å². The minimum Gasteiger partial charge on any atom is -0.506 e. The molecule has 0 aliphatic heterocycles. The third-order valence-corrected chi connectivity index (χ3v) is 4.16. The Labute approximate surface area is 146 Å². The van der Waals surface area contributed by atoms with E-state index in [4.69, 9.17) is 4.74 Å². The first-order valence-electron chi connectivity index (χ1n) is 8.47. The number of carbonyl (C=O) groups excluding carboxylic acids is 2. The summed E-state index contributed by atoms with van der Waals surface area (Å²) in [7, 11) is 0. The van der Waals surface area contributed by atoms with Gasteiger partial charge in [-0.15, -0.1) is 0 Å². The van der Waals surface area contributed by atoms with E-state index in [2.05, 4.69) is 0 Å². The molecule has 0 aliphatic rings.